The minimum Gasteiger partial charge on any atom is -0.343 e. The maximum absolute atomic E-state index is 13.3. The van der Waals surface area contributed by atoms with Gasteiger partial charge in [-0.2, -0.15) is 5.26 Å². The van der Waals surface area contributed by atoms with Crippen molar-refractivity contribution >= 4 is 27.3 Å². The zero-order valence-electron chi connectivity index (χ0n) is 10.4. The van der Waals surface area contributed by atoms with Gasteiger partial charge in [-0.15, -0.1) is 0 Å². The van der Waals surface area contributed by atoms with Crippen LogP contribution in [0.1, 0.15) is 11.1 Å². The molecule has 19 heavy (non-hydrogen) atoms. The number of nitrogens with zero attached hydrogens (tertiary/aromatic N) is 2. The Labute approximate surface area is 120 Å². The summed E-state index contributed by atoms with van der Waals surface area (Å²) in [6.07, 6.45) is 0. The van der Waals surface area contributed by atoms with E-state index in [9.17, 15) is 4.39 Å². The van der Waals surface area contributed by atoms with E-state index in [1.807, 2.05) is 30.1 Å². The molecule has 0 saturated heterocycles. The summed E-state index contributed by atoms with van der Waals surface area (Å²) < 4.78 is 13.3. The molecule has 0 saturated carbocycles. The number of halogens is 2. The Morgan fingerprint density at radius 3 is 2.63 bits per heavy atom. The van der Waals surface area contributed by atoms with Crippen LogP contribution in [-0.2, 0) is 5.33 Å². The summed E-state index contributed by atoms with van der Waals surface area (Å²) in [6, 6.07) is 14.2. The first kappa shape index (κ1) is 13.6. The maximum atomic E-state index is 13.3. The van der Waals surface area contributed by atoms with Crippen molar-refractivity contribution in [3.8, 4) is 6.07 Å². The van der Waals surface area contributed by atoms with Crippen LogP contribution in [0.5, 0.6) is 0 Å². The van der Waals surface area contributed by atoms with Crippen LogP contribution in [0, 0.1) is 17.1 Å². The van der Waals surface area contributed by atoms with Crippen molar-refractivity contribution in [2.75, 3.05) is 11.9 Å². The lowest BCUT2D eigenvalue weighted by Crippen LogP contribution is -2.13. The number of rotatable bonds is 3. The molecule has 0 bridgehead atoms. The van der Waals surface area contributed by atoms with Crippen LogP contribution in [0.15, 0.2) is 42.5 Å². The van der Waals surface area contributed by atoms with Gasteiger partial charge in [0.15, 0.2) is 0 Å². The Hall–Kier alpha value is -1.86. The van der Waals surface area contributed by atoms with Gasteiger partial charge < -0.3 is 4.90 Å². The molecule has 2 rings (SSSR count). The summed E-state index contributed by atoms with van der Waals surface area (Å²) >= 11 is 3.36. The predicted octanol–water partition coefficient (Wildman–Crippen LogP) is 4.36. The third kappa shape index (κ3) is 2.77. The van der Waals surface area contributed by atoms with Crippen molar-refractivity contribution in [2.45, 2.75) is 5.33 Å². The smallest absolute Gasteiger partial charge is 0.123 e. The van der Waals surface area contributed by atoms with E-state index in [1.165, 1.54) is 12.1 Å². The molecule has 2 aromatic rings. The summed E-state index contributed by atoms with van der Waals surface area (Å²) in [4.78, 5) is 1.90. The molecule has 0 aliphatic rings. The molecule has 0 N–H and O–H groups in total. The number of hydrogen-bond donors (Lipinski definition) is 0. The van der Waals surface area contributed by atoms with Crippen molar-refractivity contribution in [3.05, 3.63) is 59.4 Å². The first-order valence-electron chi connectivity index (χ1n) is 5.74. The number of para-hydroxylation sites is 1. The van der Waals surface area contributed by atoms with Crippen LogP contribution in [0.3, 0.4) is 0 Å². The molecule has 0 spiro atoms. The van der Waals surface area contributed by atoms with Crippen LogP contribution in [-0.4, -0.2) is 7.05 Å². The van der Waals surface area contributed by atoms with Crippen molar-refractivity contribution < 1.29 is 4.39 Å². The lowest BCUT2D eigenvalue weighted by atomic mass is 10.1. The molecule has 0 unspecified atom stereocenters. The van der Waals surface area contributed by atoms with E-state index in [2.05, 4.69) is 22.0 Å². The monoisotopic (exact) mass is 318 g/mol. The van der Waals surface area contributed by atoms with Gasteiger partial charge >= 0.3 is 0 Å². The van der Waals surface area contributed by atoms with Gasteiger partial charge in [0.1, 0.15) is 11.9 Å². The Balaban J connectivity index is 2.50. The lowest BCUT2D eigenvalue weighted by Gasteiger charge is -2.23. The van der Waals surface area contributed by atoms with Gasteiger partial charge in [-0.3, -0.25) is 0 Å². The molecule has 0 amide bonds. The number of benzene rings is 2. The second-order valence-electron chi connectivity index (χ2n) is 4.09. The number of anilines is 2. The summed E-state index contributed by atoms with van der Waals surface area (Å²) in [5.41, 5.74) is 3.12. The van der Waals surface area contributed by atoms with Crippen LogP contribution >= 0.6 is 15.9 Å². The second kappa shape index (κ2) is 5.85. The fourth-order valence-electron chi connectivity index (χ4n) is 1.98. The SMILES string of the molecule is CN(c1ccccc1C#N)c1ccc(F)cc1CBr. The lowest BCUT2D eigenvalue weighted by molar-refractivity contribution is 0.626. The summed E-state index contributed by atoms with van der Waals surface area (Å²) in [5, 5.41) is 9.69. The minimum absolute atomic E-state index is 0.264. The first-order chi connectivity index (χ1) is 9.17. The van der Waals surface area contributed by atoms with Gasteiger partial charge in [-0.1, -0.05) is 28.1 Å². The summed E-state index contributed by atoms with van der Waals surface area (Å²) in [5.74, 6) is -0.264. The van der Waals surface area contributed by atoms with Gasteiger partial charge in [0.2, 0.25) is 0 Å². The topological polar surface area (TPSA) is 27.0 Å². The van der Waals surface area contributed by atoms with E-state index < -0.39 is 0 Å². The van der Waals surface area contributed by atoms with Gasteiger partial charge in [-0.05, 0) is 35.9 Å². The fourth-order valence-corrected chi connectivity index (χ4v) is 2.43. The highest BCUT2D eigenvalue weighted by atomic mass is 79.9. The molecule has 0 fully saturated rings. The highest BCUT2D eigenvalue weighted by molar-refractivity contribution is 9.08. The van der Waals surface area contributed by atoms with E-state index in [1.54, 1.807) is 12.1 Å². The largest absolute Gasteiger partial charge is 0.343 e. The quantitative estimate of drug-likeness (QED) is 0.786. The van der Waals surface area contributed by atoms with Crippen LogP contribution in [0.4, 0.5) is 15.8 Å². The molecule has 0 aromatic heterocycles. The van der Waals surface area contributed by atoms with Crippen molar-refractivity contribution in [3.63, 3.8) is 0 Å². The first-order valence-corrected chi connectivity index (χ1v) is 6.86. The van der Waals surface area contributed by atoms with Crippen molar-refractivity contribution in [2.24, 2.45) is 0 Å². The van der Waals surface area contributed by atoms with E-state index >= 15 is 0 Å². The zero-order chi connectivity index (χ0) is 13.8. The Bertz CT molecular complexity index is 634. The van der Waals surface area contributed by atoms with Gasteiger partial charge in [-0.25, -0.2) is 4.39 Å². The Kier molecular flexibility index (Phi) is 4.18. The molecular formula is C15H12BrFN2. The highest BCUT2D eigenvalue weighted by Gasteiger charge is 2.12. The predicted molar refractivity (Wildman–Crippen MR) is 78.3 cm³/mol. The average molecular weight is 319 g/mol. The third-order valence-electron chi connectivity index (χ3n) is 2.93. The summed E-state index contributed by atoms with van der Waals surface area (Å²) in [6.45, 7) is 0. The Morgan fingerprint density at radius 1 is 1.21 bits per heavy atom. The van der Waals surface area contributed by atoms with E-state index in [4.69, 9.17) is 5.26 Å². The molecule has 0 radical (unpaired) electrons. The molecular weight excluding hydrogens is 307 g/mol. The molecule has 0 atom stereocenters. The second-order valence-corrected chi connectivity index (χ2v) is 4.66. The van der Waals surface area contributed by atoms with Crippen molar-refractivity contribution in [1.29, 1.82) is 5.26 Å². The molecule has 0 heterocycles. The Morgan fingerprint density at radius 2 is 1.95 bits per heavy atom. The molecule has 4 heteroatoms. The normalized spacial score (nSPS) is 10.0. The van der Waals surface area contributed by atoms with Crippen molar-refractivity contribution in [1.82, 2.24) is 0 Å². The molecule has 0 aliphatic heterocycles. The molecule has 2 aromatic carbocycles. The summed E-state index contributed by atoms with van der Waals surface area (Å²) in [7, 11) is 1.87. The van der Waals surface area contributed by atoms with Gasteiger partial charge in [0.25, 0.3) is 0 Å². The highest BCUT2D eigenvalue weighted by Crippen LogP contribution is 2.30. The number of alkyl halides is 1. The van der Waals surface area contributed by atoms with Crippen LogP contribution < -0.4 is 4.90 Å². The molecule has 2 nitrogen and oxygen atoms in total. The van der Waals surface area contributed by atoms with E-state index in [0.29, 0.717) is 10.9 Å². The van der Waals surface area contributed by atoms with E-state index in [0.717, 1.165) is 16.9 Å². The minimum atomic E-state index is -0.264. The van der Waals surface area contributed by atoms with Crippen LogP contribution in [0.25, 0.3) is 0 Å². The van der Waals surface area contributed by atoms with Gasteiger partial charge in [0.05, 0.1) is 11.3 Å². The standard InChI is InChI=1S/C15H12BrFN2/c1-19(14-5-3-2-4-11(14)10-18)15-7-6-13(17)8-12(15)9-16/h2-8H,9H2,1H3. The number of nitriles is 1. The average Bonchev–Trinajstić information content (AvgIpc) is 2.46. The van der Waals surface area contributed by atoms with Crippen LogP contribution in [0.2, 0.25) is 0 Å². The third-order valence-corrected chi connectivity index (χ3v) is 3.54. The zero-order valence-corrected chi connectivity index (χ0v) is 12.0. The number of hydrogen-bond acceptors (Lipinski definition) is 2. The molecule has 0 aliphatic carbocycles. The maximum Gasteiger partial charge on any atom is 0.123 e. The molecule has 96 valence electrons. The fraction of sp³-hybridized carbons (Fsp3) is 0.133. The van der Waals surface area contributed by atoms with Gasteiger partial charge in [0, 0.05) is 18.1 Å². The van der Waals surface area contributed by atoms with E-state index in [-0.39, 0.29) is 5.82 Å².